The van der Waals surface area contributed by atoms with Crippen LogP contribution in [0.2, 0.25) is 0 Å². The molecule has 0 unspecified atom stereocenters. The highest BCUT2D eigenvalue weighted by Gasteiger charge is 2.24. The van der Waals surface area contributed by atoms with Gasteiger partial charge in [-0.15, -0.1) is 0 Å². The zero-order valence-corrected chi connectivity index (χ0v) is 20.2. The molecule has 178 valence electrons. The fourth-order valence-electron chi connectivity index (χ4n) is 4.97. The molecule has 0 spiro atoms. The molecular weight excluding hydrogens is 426 g/mol. The van der Waals surface area contributed by atoms with Gasteiger partial charge < -0.3 is 14.7 Å². The number of hydrogen-bond acceptors (Lipinski definition) is 6. The smallest absolute Gasteiger partial charge is 0.244 e. The van der Waals surface area contributed by atoms with Gasteiger partial charge in [-0.3, -0.25) is 9.48 Å². The number of piperidine rings is 1. The summed E-state index contributed by atoms with van der Waals surface area (Å²) in [6, 6.07) is 10.4. The van der Waals surface area contributed by atoms with E-state index >= 15 is 0 Å². The summed E-state index contributed by atoms with van der Waals surface area (Å²) in [5.41, 5.74) is 5.29. The lowest BCUT2D eigenvalue weighted by Gasteiger charge is -2.37. The Bertz CT molecular complexity index is 1130. The minimum atomic E-state index is 0.126. The maximum Gasteiger partial charge on any atom is 0.244 e. The molecule has 1 aromatic carbocycles. The number of amides is 1. The minimum Gasteiger partial charge on any atom is -0.367 e. The van der Waals surface area contributed by atoms with Gasteiger partial charge in [0.05, 0.1) is 5.69 Å². The molecule has 1 amide bonds. The Morgan fingerprint density at radius 3 is 2.26 bits per heavy atom. The summed E-state index contributed by atoms with van der Waals surface area (Å²) in [5.74, 6) is 0.955. The molecule has 0 N–H and O–H groups in total. The largest absolute Gasteiger partial charge is 0.367 e. The summed E-state index contributed by atoms with van der Waals surface area (Å²) < 4.78 is 1.80. The van der Waals surface area contributed by atoms with Gasteiger partial charge >= 0.3 is 0 Å². The summed E-state index contributed by atoms with van der Waals surface area (Å²) in [6.45, 7) is 9.34. The first-order valence-corrected chi connectivity index (χ1v) is 12.3. The fraction of sp³-hybridized carbons (Fsp3) is 0.462. The molecule has 0 bridgehead atoms. The van der Waals surface area contributed by atoms with Gasteiger partial charge in [-0.2, -0.15) is 5.10 Å². The van der Waals surface area contributed by atoms with Gasteiger partial charge in [0, 0.05) is 74.2 Å². The zero-order valence-electron chi connectivity index (χ0n) is 20.2. The van der Waals surface area contributed by atoms with Gasteiger partial charge in [0.2, 0.25) is 11.9 Å². The lowest BCUT2D eigenvalue weighted by molar-refractivity contribution is -0.132. The molecule has 0 radical (unpaired) electrons. The number of nitrogens with zero attached hydrogens (tertiary/aromatic N) is 7. The van der Waals surface area contributed by atoms with Crippen LogP contribution < -0.4 is 9.80 Å². The first kappa shape index (κ1) is 22.4. The molecule has 4 heterocycles. The number of anilines is 2. The van der Waals surface area contributed by atoms with Crippen LogP contribution in [0.15, 0.2) is 42.7 Å². The topological polar surface area (TPSA) is 70.4 Å². The maximum absolute atomic E-state index is 12.8. The van der Waals surface area contributed by atoms with Crippen LogP contribution in [0, 0.1) is 13.8 Å². The van der Waals surface area contributed by atoms with E-state index in [1.807, 2.05) is 37.2 Å². The summed E-state index contributed by atoms with van der Waals surface area (Å²) in [7, 11) is 0. The Morgan fingerprint density at radius 2 is 1.59 bits per heavy atom. The third kappa shape index (κ3) is 4.76. The van der Waals surface area contributed by atoms with E-state index in [2.05, 4.69) is 49.1 Å². The molecule has 3 aromatic rings. The number of hydrogen-bond donors (Lipinski definition) is 0. The number of benzene rings is 1. The Morgan fingerprint density at radius 1 is 0.882 bits per heavy atom. The third-order valence-corrected chi connectivity index (χ3v) is 6.85. The number of para-hydroxylation sites is 1. The SMILES string of the molecule is Cc1cc(C)n(CC(=O)N2CCN(c3ccccc3-c3cnc(N4CCCCC4)nc3)CC2)n1. The Balaban J connectivity index is 1.25. The molecule has 2 fully saturated rings. The normalized spacial score (nSPS) is 16.7. The van der Waals surface area contributed by atoms with Crippen LogP contribution in [0.1, 0.15) is 30.7 Å². The van der Waals surface area contributed by atoms with Crippen LogP contribution in [0.4, 0.5) is 11.6 Å². The van der Waals surface area contributed by atoms with Gasteiger partial charge in [0.25, 0.3) is 0 Å². The molecule has 0 aliphatic carbocycles. The molecular formula is C26H33N7O. The van der Waals surface area contributed by atoms with Gasteiger partial charge in [0.1, 0.15) is 6.54 Å². The van der Waals surface area contributed by atoms with Crippen LogP contribution in [-0.2, 0) is 11.3 Å². The van der Waals surface area contributed by atoms with E-state index in [-0.39, 0.29) is 5.91 Å². The van der Waals surface area contributed by atoms with Crippen molar-refractivity contribution >= 4 is 17.5 Å². The van der Waals surface area contributed by atoms with Gasteiger partial charge in [-0.1, -0.05) is 18.2 Å². The lowest BCUT2D eigenvalue weighted by Crippen LogP contribution is -2.49. The van der Waals surface area contributed by atoms with Crippen molar-refractivity contribution in [3.05, 3.63) is 54.1 Å². The summed E-state index contributed by atoms with van der Waals surface area (Å²) in [4.78, 5) is 28.8. The molecule has 0 atom stereocenters. The number of aryl methyl sites for hydroxylation is 2. The highest BCUT2D eigenvalue weighted by Crippen LogP contribution is 2.31. The van der Waals surface area contributed by atoms with Crippen molar-refractivity contribution in [1.82, 2.24) is 24.6 Å². The standard InChI is InChI=1S/C26H33N7O/c1-20-16-21(2)33(29-20)19-25(34)31-14-12-30(13-15-31)24-9-5-4-8-23(24)22-17-27-26(28-18-22)32-10-6-3-7-11-32/h4-5,8-9,16-18H,3,6-7,10-15,19H2,1-2H3. The first-order chi connectivity index (χ1) is 16.6. The zero-order chi connectivity index (χ0) is 23.5. The highest BCUT2D eigenvalue weighted by atomic mass is 16.2. The Labute approximate surface area is 201 Å². The van der Waals surface area contributed by atoms with E-state index in [9.17, 15) is 4.79 Å². The molecule has 2 aliphatic rings. The van der Waals surface area contributed by atoms with Crippen LogP contribution in [0.3, 0.4) is 0 Å². The van der Waals surface area contributed by atoms with E-state index < -0.39 is 0 Å². The predicted octanol–water partition coefficient (Wildman–Crippen LogP) is 3.30. The van der Waals surface area contributed by atoms with Crippen LogP contribution in [0.5, 0.6) is 0 Å². The van der Waals surface area contributed by atoms with E-state index in [4.69, 9.17) is 0 Å². The van der Waals surface area contributed by atoms with Crippen LogP contribution in [0.25, 0.3) is 11.1 Å². The van der Waals surface area contributed by atoms with Crippen molar-refractivity contribution in [2.24, 2.45) is 0 Å². The number of aromatic nitrogens is 4. The van der Waals surface area contributed by atoms with Crippen molar-refractivity contribution in [3.63, 3.8) is 0 Å². The Kier molecular flexibility index (Phi) is 6.47. The summed E-state index contributed by atoms with van der Waals surface area (Å²) in [5, 5.41) is 4.43. The molecule has 8 nitrogen and oxygen atoms in total. The second kappa shape index (κ2) is 9.83. The highest BCUT2D eigenvalue weighted by molar-refractivity contribution is 5.79. The molecule has 34 heavy (non-hydrogen) atoms. The molecule has 2 aliphatic heterocycles. The maximum atomic E-state index is 12.8. The third-order valence-electron chi connectivity index (χ3n) is 6.85. The van der Waals surface area contributed by atoms with Crippen molar-refractivity contribution in [3.8, 4) is 11.1 Å². The second-order valence-electron chi connectivity index (χ2n) is 9.29. The van der Waals surface area contributed by atoms with Gasteiger partial charge in [0.15, 0.2) is 0 Å². The van der Waals surface area contributed by atoms with Gasteiger partial charge in [-0.25, -0.2) is 9.97 Å². The average molecular weight is 460 g/mol. The number of piperazine rings is 1. The summed E-state index contributed by atoms with van der Waals surface area (Å²) >= 11 is 0. The van der Waals surface area contributed by atoms with Crippen molar-refractivity contribution in [1.29, 1.82) is 0 Å². The Hall–Kier alpha value is -3.42. The minimum absolute atomic E-state index is 0.126. The monoisotopic (exact) mass is 459 g/mol. The molecule has 5 rings (SSSR count). The van der Waals surface area contributed by atoms with Crippen molar-refractivity contribution in [2.45, 2.75) is 39.7 Å². The quantitative estimate of drug-likeness (QED) is 0.583. The predicted molar refractivity (Wildman–Crippen MR) is 134 cm³/mol. The van der Waals surface area contributed by atoms with Crippen LogP contribution in [-0.4, -0.2) is 69.8 Å². The molecule has 2 aromatic heterocycles. The van der Waals surface area contributed by atoms with E-state index in [0.717, 1.165) is 54.6 Å². The molecule has 0 saturated carbocycles. The first-order valence-electron chi connectivity index (χ1n) is 12.3. The van der Waals surface area contributed by atoms with E-state index in [1.165, 1.54) is 24.9 Å². The summed E-state index contributed by atoms with van der Waals surface area (Å²) in [6.07, 6.45) is 7.62. The van der Waals surface area contributed by atoms with Crippen molar-refractivity contribution in [2.75, 3.05) is 49.1 Å². The molecule has 8 heteroatoms. The lowest BCUT2D eigenvalue weighted by atomic mass is 10.1. The van der Waals surface area contributed by atoms with Crippen molar-refractivity contribution < 1.29 is 4.79 Å². The fourth-order valence-corrected chi connectivity index (χ4v) is 4.97. The average Bonchev–Trinajstić information content (AvgIpc) is 3.21. The number of rotatable bonds is 5. The van der Waals surface area contributed by atoms with Gasteiger partial charge in [-0.05, 0) is 45.2 Å². The van der Waals surface area contributed by atoms with Crippen LogP contribution >= 0.6 is 0 Å². The second-order valence-corrected chi connectivity index (χ2v) is 9.29. The number of carbonyl (C=O) groups is 1. The number of carbonyl (C=O) groups excluding carboxylic acids is 1. The van der Waals surface area contributed by atoms with E-state index in [1.54, 1.807) is 4.68 Å². The molecule has 2 saturated heterocycles. The van der Waals surface area contributed by atoms with E-state index in [0.29, 0.717) is 19.6 Å².